The average Bonchev–Trinajstić information content (AvgIpc) is 3.20. The van der Waals surface area contributed by atoms with Crippen LogP contribution in [0, 0.1) is 17.3 Å². The molecule has 0 bridgehead atoms. The number of fused-ring (bicyclic) bond motifs is 1. The zero-order chi connectivity index (χ0) is 22.3. The van der Waals surface area contributed by atoms with Crippen molar-refractivity contribution in [2.75, 3.05) is 24.6 Å². The number of rotatable bonds is 4. The van der Waals surface area contributed by atoms with E-state index in [4.69, 9.17) is 5.10 Å². The number of thioether (sulfide) groups is 1. The van der Waals surface area contributed by atoms with Gasteiger partial charge in [-0.25, -0.2) is 0 Å². The molecule has 172 valence electrons. The fourth-order valence-corrected chi connectivity index (χ4v) is 7.66. The first kappa shape index (κ1) is 21.0. The van der Waals surface area contributed by atoms with Crippen molar-refractivity contribution in [2.45, 2.75) is 57.3 Å². The molecule has 0 radical (unpaired) electrons. The molecule has 2 aromatic heterocycles. The standard InChI is InChI=1S/C24H29F3N4S/c1-14(2)31-21(8-20(29-31)15-5-16(10-28-9-15)24(25,26)27)22-18-6-17(7-19(18)22)30-4-3-23(11-30)12-32-13-23/h5,8-10,14,17-19,22H,3-4,6-7,11-13H2,1-2H3. The van der Waals surface area contributed by atoms with Gasteiger partial charge in [-0.3, -0.25) is 14.6 Å². The highest BCUT2D eigenvalue weighted by Crippen LogP contribution is 2.65. The minimum Gasteiger partial charge on any atom is -0.300 e. The van der Waals surface area contributed by atoms with Gasteiger partial charge in [0, 0.05) is 65.1 Å². The van der Waals surface area contributed by atoms with Gasteiger partial charge in [0.15, 0.2) is 0 Å². The molecule has 2 saturated carbocycles. The summed E-state index contributed by atoms with van der Waals surface area (Å²) in [5.74, 6) is 4.55. The number of nitrogens with zero attached hydrogens (tertiary/aromatic N) is 4. The Labute approximate surface area is 191 Å². The molecule has 4 fully saturated rings. The molecule has 2 saturated heterocycles. The third kappa shape index (κ3) is 3.40. The van der Waals surface area contributed by atoms with Crippen LogP contribution >= 0.6 is 11.8 Å². The Hall–Kier alpha value is -1.54. The van der Waals surface area contributed by atoms with Crippen LogP contribution in [0.1, 0.15) is 56.3 Å². The van der Waals surface area contributed by atoms with Crippen molar-refractivity contribution in [1.29, 1.82) is 0 Å². The largest absolute Gasteiger partial charge is 0.417 e. The van der Waals surface area contributed by atoms with Gasteiger partial charge in [0.2, 0.25) is 0 Å². The maximum absolute atomic E-state index is 13.2. The summed E-state index contributed by atoms with van der Waals surface area (Å²) in [6.07, 6.45) is 1.83. The molecule has 2 atom stereocenters. The Morgan fingerprint density at radius 3 is 2.47 bits per heavy atom. The molecule has 2 unspecified atom stereocenters. The van der Waals surface area contributed by atoms with Gasteiger partial charge < -0.3 is 0 Å². The van der Waals surface area contributed by atoms with E-state index in [1.165, 1.54) is 55.7 Å². The van der Waals surface area contributed by atoms with Gasteiger partial charge in [0.05, 0.1) is 11.3 Å². The lowest BCUT2D eigenvalue weighted by molar-refractivity contribution is -0.137. The molecule has 0 N–H and O–H groups in total. The van der Waals surface area contributed by atoms with Crippen LogP contribution in [0.5, 0.6) is 0 Å². The highest BCUT2D eigenvalue weighted by molar-refractivity contribution is 8.00. The minimum atomic E-state index is -4.40. The third-order valence-corrected chi connectivity index (χ3v) is 9.81. The molecule has 4 heterocycles. The fourth-order valence-electron chi connectivity index (χ4n) is 6.40. The van der Waals surface area contributed by atoms with E-state index < -0.39 is 11.7 Å². The minimum absolute atomic E-state index is 0.171. The molecule has 0 aromatic carbocycles. The Kier molecular flexibility index (Phi) is 4.75. The van der Waals surface area contributed by atoms with Crippen LogP contribution < -0.4 is 0 Å². The lowest BCUT2D eigenvalue weighted by Crippen LogP contribution is -2.41. The number of aromatic nitrogens is 3. The summed E-state index contributed by atoms with van der Waals surface area (Å²) in [5, 5.41) is 4.72. The summed E-state index contributed by atoms with van der Waals surface area (Å²) in [6, 6.07) is 4.07. The van der Waals surface area contributed by atoms with Crippen molar-refractivity contribution in [3.63, 3.8) is 0 Å². The molecule has 4 aliphatic rings. The maximum atomic E-state index is 13.2. The molecule has 2 aliphatic carbocycles. The Balaban J connectivity index is 1.20. The molecule has 1 spiro atoms. The first-order valence-electron chi connectivity index (χ1n) is 11.7. The average molecular weight is 463 g/mol. The van der Waals surface area contributed by atoms with E-state index >= 15 is 0 Å². The van der Waals surface area contributed by atoms with Crippen LogP contribution in [-0.2, 0) is 6.18 Å². The molecule has 2 aromatic rings. The summed E-state index contributed by atoms with van der Waals surface area (Å²) >= 11 is 2.09. The molecule has 4 nitrogen and oxygen atoms in total. The number of likely N-dealkylation sites (tertiary alicyclic amines) is 1. The summed E-state index contributed by atoms with van der Waals surface area (Å²) in [4.78, 5) is 6.58. The number of hydrogen-bond donors (Lipinski definition) is 0. The monoisotopic (exact) mass is 462 g/mol. The quantitative estimate of drug-likeness (QED) is 0.603. The SMILES string of the molecule is CC(C)n1nc(-c2cncc(C(F)(F)F)c2)cc1C1C2CC(N3CCC4(CSC4)C3)CC21. The first-order chi connectivity index (χ1) is 15.2. The zero-order valence-corrected chi connectivity index (χ0v) is 19.3. The van der Waals surface area contributed by atoms with Crippen LogP contribution in [0.4, 0.5) is 13.2 Å². The van der Waals surface area contributed by atoms with Crippen LogP contribution in [-0.4, -0.2) is 50.3 Å². The second kappa shape index (κ2) is 7.23. The highest BCUT2D eigenvalue weighted by atomic mass is 32.2. The second-order valence-electron chi connectivity index (χ2n) is 10.6. The van der Waals surface area contributed by atoms with Crippen molar-refractivity contribution in [1.82, 2.24) is 19.7 Å². The maximum Gasteiger partial charge on any atom is 0.417 e. The van der Waals surface area contributed by atoms with Gasteiger partial charge in [0.25, 0.3) is 0 Å². The van der Waals surface area contributed by atoms with E-state index in [0.717, 1.165) is 12.3 Å². The van der Waals surface area contributed by atoms with Crippen molar-refractivity contribution in [3.05, 3.63) is 35.8 Å². The van der Waals surface area contributed by atoms with Gasteiger partial charge in [-0.15, -0.1) is 0 Å². The summed E-state index contributed by atoms with van der Waals surface area (Å²) in [6.45, 7) is 6.72. The lowest BCUT2D eigenvalue weighted by atomic mass is 9.91. The van der Waals surface area contributed by atoms with Crippen LogP contribution in [0.25, 0.3) is 11.3 Å². The molecule has 2 aliphatic heterocycles. The molecular formula is C24H29F3N4S. The van der Waals surface area contributed by atoms with Gasteiger partial charge in [-0.2, -0.15) is 30.0 Å². The number of alkyl halides is 3. The van der Waals surface area contributed by atoms with Crippen LogP contribution in [0.2, 0.25) is 0 Å². The third-order valence-electron chi connectivity index (χ3n) is 8.18. The predicted molar refractivity (Wildman–Crippen MR) is 120 cm³/mol. The first-order valence-corrected chi connectivity index (χ1v) is 12.8. The van der Waals surface area contributed by atoms with E-state index in [1.54, 1.807) is 0 Å². The van der Waals surface area contributed by atoms with E-state index in [2.05, 4.69) is 35.5 Å². The van der Waals surface area contributed by atoms with Crippen LogP contribution in [0.15, 0.2) is 24.5 Å². The molecule has 32 heavy (non-hydrogen) atoms. The molecule has 0 amide bonds. The van der Waals surface area contributed by atoms with Gasteiger partial charge in [-0.1, -0.05) is 0 Å². The van der Waals surface area contributed by atoms with Gasteiger partial charge in [-0.05, 0) is 63.6 Å². The van der Waals surface area contributed by atoms with E-state index in [-0.39, 0.29) is 6.04 Å². The number of halogens is 3. The Bertz CT molecular complexity index is 1020. The molecular weight excluding hydrogens is 433 g/mol. The van der Waals surface area contributed by atoms with Crippen molar-refractivity contribution in [2.24, 2.45) is 17.3 Å². The van der Waals surface area contributed by atoms with Crippen molar-refractivity contribution >= 4 is 11.8 Å². The zero-order valence-electron chi connectivity index (χ0n) is 18.5. The Morgan fingerprint density at radius 2 is 1.88 bits per heavy atom. The summed E-state index contributed by atoms with van der Waals surface area (Å²) in [5.41, 5.74) is 2.10. The van der Waals surface area contributed by atoms with E-state index in [9.17, 15) is 13.2 Å². The smallest absolute Gasteiger partial charge is 0.300 e. The fraction of sp³-hybridized carbons (Fsp3) is 0.667. The highest BCUT2D eigenvalue weighted by Gasteiger charge is 2.59. The number of hydrogen-bond acceptors (Lipinski definition) is 4. The number of pyridine rings is 1. The molecule has 8 heteroatoms. The summed E-state index contributed by atoms with van der Waals surface area (Å²) in [7, 11) is 0. The van der Waals surface area contributed by atoms with Crippen LogP contribution in [0.3, 0.4) is 0 Å². The Morgan fingerprint density at radius 1 is 1.12 bits per heavy atom. The normalized spacial score (nSPS) is 31.3. The van der Waals surface area contributed by atoms with Gasteiger partial charge in [0.1, 0.15) is 0 Å². The lowest BCUT2D eigenvalue weighted by Gasteiger charge is -2.38. The van der Waals surface area contributed by atoms with E-state index in [0.29, 0.717) is 40.5 Å². The second-order valence-corrected chi connectivity index (χ2v) is 11.6. The molecule has 6 rings (SSSR count). The van der Waals surface area contributed by atoms with Crippen molar-refractivity contribution in [3.8, 4) is 11.3 Å². The van der Waals surface area contributed by atoms with Gasteiger partial charge >= 0.3 is 6.18 Å². The predicted octanol–water partition coefficient (Wildman–Crippen LogP) is 5.48. The topological polar surface area (TPSA) is 34.0 Å². The van der Waals surface area contributed by atoms with Crippen molar-refractivity contribution < 1.29 is 13.2 Å². The van der Waals surface area contributed by atoms with E-state index in [1.807, 2.05) is 10.7 Å². The summed E-state index contributed by atoms with van der Waals surface area (Å²) < 4.78 is 41.5.